The summed E-state index contributed by atoms with van der Waals surface area (Å²) in [4.78, 5) is 25.5. The van der Waals surface area contributed by atoms with Crippen LogP contribution in [0.4, 0.5) is 0 Å². The van der Waals surface area contributed by atoms with E-state index in [-0.39, 0.29) is 17.8 Å². The highest BCUT2D eigenvalue weighted by Crippen LogP contribution is 2.05. The number of nitrogens with one attached hydrogen (secondary N) is 2. The van der Waals surface area contributed by atoms with Crippen molar-refractivity contribution in [1.29, 1.82) is 5.41 Å². The van der Waals surface area contributed by atoms with Crippen molar-refractivity contribution in [2.75, 3.05) is 14.1 Å². The standard InChI is InChI=1S/C5H7NO3.C4H11N5/c7-4-2-1-3(6-4)5(8)9;1-9(2)4(7)8-3(5)6/h3H,1-2H2,(H,6,7)(H,8,9);1-2H3,(H5,5,6,7,8). The van der Waals surface area contributed by atoms with Gasteiger partial charge < -0.3 is 26.8 Å². The van der Waals surface area contributed by atoms with E-state index in [0.717, 1.165) is 0 Å². The quantitative estimate of drug-likeness (QED) is 0.273. The maximum Gasteiger partial charge on any atom is 0.326 e. The third-order valence-corrected chi connectivity index (χ3v) is 1.95. The van der Waals surface area contributed by atoms with Gasteiger partial charge in [0.05, 0.1) is 0 Å². The molecule has 9 heteroatoms. The van der Waals surface area contributed by atoms with Crippen molar-refractivity contribution in [3.05, 3.63) is 0 Å². The Labute approximate surface area is 104 Å². The largest absolute Gasteiger partial charge is 0.480 e. The van der Waals surface area contributed by atoms with Crippen LogP contribution in [0.25, 0.3) is 0 Å². The summed E-state index contributed by atoms with van der Waals surface area (Å²) >= 11 is 0. The first-order valence-corrected chi connectivity index (χ1v) is 5.11. The van der Waals surface area contributed by atoms with E-state index in [0.29, 0.717) is 12.8 Å². The van der Waals surface area contributed by atoms with Crippen LogP contribution in [0.5, 0.6) is 0 Å². The summed E-state index contributed by atoms with van der Waals surface area (Å²) in [6.07, 6.45) is 0.769. The molecule has 18 heavy (non-hydrogen) atoms. The van der Waals surface area contributed by atoms with Crippen LogP contribution in [0.15, 0.2) is 4.99 Å². The molecule has 1 atom stereocenters. The molecule has 1 aliphatic rings. The molecule has 0 saturated carbocycles. The Bertz CT molecular complexity index is 361. The van der Waals surface area contributed by atoms with Gasteiger partial charge in [-0.25, -0.2) is 4.79 Å². The molecule has 1 aliphatic heterocycles. The highest BCUT2D eigenvalue weighted by Gasteiger charge is 2.26. The Morgan fingerprint density at radius 1 is 1.56 bits per heavy atom. The van der Waals surface area contributed by atoms with Gasteiger partial charge in [0.15, 0.2) is 5.96 Å². The number of nitrogens with two attached hydrogens (primary N) is 2. The smallest absolute Gasteiger partial charge is 0.326 e. The molecular formula is C9H18N6O3. The molecule has 9 nitrogen and oxygen atoms in total. The molecule has 0 aliphatic carbocycles. The van der Waals surface area contributed by atoms with Gasteiger partial charge in [-0.1, -0.05) is 0 Å². The van der Waals surface area contributed by atoms with Gasteiger partial charge in [0.2, 0.25) is 11.9 Å². The van der Waals surface area contributed by atoms with Crippen molar-refractivity contribution >= 4 is 23.8 Å². The molecule has 1 unspecified atom stereocenters. The van der Waals surface area contributed by atoms with E-state index < -0.39 is 12.0 Å². The summed E-state index contributed by atoms with van der Waals surface area (Å²) in [6, 6.07) is -0.641. The minimum absolute atomic E-state index is 0.0509. The first-order chi connectivity index (χ1) is 8.23. The summed E-state index contributed by atoms with van der Waals surface area (Å²) in [5, 5.41) is 17.7. The summed E-state index contributed by atoms with van der Waals surface area (Å²) in [6.45, 7) is 0. The number of aliphatic carboxylic acids is 1. The van der Waals surface area contributed by atoms with Crippen molar-refractivity contribution in [2.45, 2.75) is 18.9 Å². The van der Waals surface area contributed by atoms with E-state index in [9.17, 15) is 9.59 Å². The molecule has 1 fully saturated rings. The Kier molecular flexibility index (Phi) is 6.18. The molecule has 1 amide bonds. The van der Waals surface area contributed by atoms with Crippen LogP contribution < -0.4 is 16.8 Å². The second-order valence-corrected chi connectivity index (χ2v) is 3.75. The molecule has 102 valence electrons. The van der Waals surface area contributed by atoms with Crippen molar-refractivity contribution < 1.29 is 14.7 Å². The maximum absolute atomic E-state index is 10.4. The number of carboxylic acids is 1. The number of carbonyl (C=O) groups is 2. The van der Waals surface area contributed by atoms with Gasteiger partial charge in [0.1, 0.15) is 6.04 Å². The Balaban J connectivity index is 0.000000321. The molecule has 0 aromatic heterocycles. The highest BCUT2D eigenvalue weighted by molar-refractivity contribution is 5.91. The van der Waals surface area contributed by atoms with Crippen molar-refractivity contribution in [3.63, 3.8) is 0 Å². The maximum atomic E-state index is 10.4. The van der Waals surface area contributed by atoms with E-state index in [2.05, 4.69) is 10.3 Å². The van der Waals surface area contributed by atoms with E-state index in [4.69, 9.17) is 22.0 Å². The van der Waals surface area contributed by atoms with Gasteiger partial charge in [-0.15, -0.1) is 0 Å². The Morgan fingerprint density at radius 2 is 2.11 bits per heavy atom. The van der Waals surface area contributed by atoms with Crippen LogP contribution in [0, 0.1) is 5.41 Å². The fourth-order valence-corrected chi connectivity index (χ4v) is 1.02. The molecular weight excluding hydrogens is 240 g/mol. The number of carbonyl (C=O) groups excluding carboxylic acids is 1. The van der Waals surface area contributed by atoms with Crippen LogP contribution >= 0.6 is 0 Å². The summed E-state index contributed by atoms with van der Waals surface area (Å²) in [5.41, 5.74) is 9.98. The number of nitrogens with zero attached hydrogens (tertiary/aromatic N) is 2. The molecule has 1 saturated heterocycles. The van der Waals surface area contributed by atoms with Gasteiger partial charge in [-0.3, -0.25) is 10.2 Å². The zero-order valence-electron chi connectivity index (χ0n) is 10.3. The minimum atomic E-state index is -0.944. The molecule has 7 N–H and O–H groups in total. The number of aliphatic imine (C=N–C) groups is 1. The number of amides is 1. The first kappa shape index (κ1) is 15.7. The second kappa shape index (κ2) is 7.09. The molecule has 1 rings (SSSR count). The minimum Gasteiger partial charge on any atom is -0.480 e. The molecule has 0 aromatic carbocycles. The lowest BCUT2D eigenvalue weighted by Gasteiger charge is -2.07. The van der Waals surface area contributed by atoms with Crippen LogP contribution in [0.2, 0.25) is 0 Å². The van der Waals surface area contributed by atoms with Crippen molar-refractivity contribution in [3.8, 4) is 0 Å². The van der Waals surface area contributed by atoms with Crippen molar-refractivity contribution in [2.24, 2.45) is 16.5 Å². The van der Waals surface area contributed by atoms with E-state index in [1.807, 2.05) is 0 Å². The van der Waals surface area contributed by atoms with Gasteiger partial charge >= 0.3 is 5.97 Å². The number of carboxylic acid groups (broad SMARTS) is 1. The van der Waals surface area contributed by atoms with E-state index in [1.165, 1.54) is 4.90 Å². The number of hydrogen-bond donors (Lipinski definition) is 5. The van der Waals surface area contributed by atoms with Crippen molar-refractivity contribution in [1.82, 2.24) is 10.2 Å². The lowest BCUT2D eigenvalue weighted by Crippen LogP contribution is -2.32. The SMILES string of the molecule is CN(C)C(=N)N=C(N)N.O=C1CCC(C(=O)O)N1. The fourth-order valence-electron chi connectivity index (χ4n) is 1.02. The van der Waals surface area contributed by atoms with Crippen LogP contribution in [-0.2, 0) is 9.59 Å². The van der Waals surface area contributed by atoms with E-state index in [1.54, 1.807) is 14.1 Å². The molecule has 0 aromatic rings. The average Bonchev–Trinajstić information content (AvgIpc) is 2.64. The number of rotatable bonds is 1. The van der Waals surface area contributed by atoms with Gasteiger partial charge in [0, 0.05) is 20.5 Å². The predicted octanol–water partition coefficient (Wildman–Crippen LogP) is -1.89. The van der Waals surface area contributed by atoms with E-state index >= 15 is 0 Å². The normalized spacial score (nSPS) is 17.0. The van der Waals surface area contributed by atoms with Crippen LogP contribution in [0.3, 0.4) is 0 Å². The lowest BCUT2D eigenvalue weighted by atomic mass is 10.2. The van der Waals surface area contributed by atoms with Gasteiger partial charge in [0.25, 0.3) is 0 Å². The topological polar surface area (TPSA) is 158 Å². The molecule has 1 heterocycles. The molecule has 0 spiro atoms. The van der Waals surface area contributed by atoms with Crippen LogP contribution in [0.1, 0.15) is 12.8 Å². The zero-order chi connectivity index (χ0) is 14.3. The molecule has 0 radical (unpaired) electrons. The number of guanidine groups is 2. The molecule has 0 bridgehead atoms. The van der Waals surface area contributed by atoms with Gasteiger partial charge in [-0.2, -0.15) is 4.99 Å². The Hall–Kier alpha value is -2.32. The fraction of sp³-hybridized carbons (Fsp3) is 0.556. The predicted molar refractivity (Wildman–Crippen MR) is 66.0 cm³/mol. The monoisotopic (exact) mass is 258 g/mol. The van der Waals surface area contributed by atoms with Gasteiger partial charge in [-0.05, 0) is 6.42 Å². The summed E-state index contributed by atoms with van der Waals surface area (Å²) in [7, 11) is 3.38. The third kappa shape index (κ3) is 6.30. The summed E-state index contributed by atoms with van der Waals surface area (Å²) < 4.78 is 0. The number of hydrogen-bond acceptors (Lipinski definition) is 3. The second-order valence-electron chi connectivity index (χ2n) is 3.75. The average molecular weight is 258 g/mol. The zero-order valence-corrected chi connectivity index (χ0v) is 10.3. The lowest BCUT2D eigenvalue weighted by molar-refractivity contribution is -0.140. The third-order valence-electron chi connectivity index (χ3n) is 1.95. The summed E-state index contributed by atoms with van der Waals surface area (Å²) in [5.74, 6) is -1.15. The first-order valence-electron chi connectivity index (χ1n) is 5.11. The van der Waals surface area contributed by atoms with Crippen LogP contribution in [-0.4, -0.2) is 53.9 Å². The Morgan fingerprint density at radius 3 is 2.28 bits per heavy atom. The highest BCUT2D eigenvalue weighted by atomic mass is 16.4.